The fourth-order valence-corrected chi connectivity index (χ4v) is 3.84. The number of allylic oxidation sites excluding steroid dienone is 4. The lowest BCUT2D eigenvalue weighted by Gasteiger charge is -2.19. The zero-order valence-electron chi connectivity index (χ0n) is 23.2. The monoisotopic (exact) mass is 597 g/mol. The van der Waals surface area contributed by atoms with Gasteiger partial charge in [-0.05, 0) is 38.3 Å². The molecule has 3 rings (SSSR count). The van der Waals surface area contributed by atoms with Crippen LogP contribution in [0, 0.1) is 12.3 Å². The van der Waals surface area contributed by atoms with E-state index in [2.05, 4.69) is 26.5 Å². The van der Waals surface area contributed by atoms with E-state index in [-0.39, 0.29) is 11.6 Å². The molecular formula is C28H35Cl2F2N5O3. The second-order valence-corrected chi connectivity index (χ2v) is 8.83. The highest BCUT2D eigenvalue weighted by atomic mass is 35.5. The summed E-state index contributed by atoms with van der Waals surface area (Å²) in [5, 5.41) is 7.09. The Morgan fingerprint density at radius 3 is 2.62 bits per heavy atom. The van der Waals surface area contributed by atoms with E-state index in [1.165, 1.54) is 18.2 Å². The van der Waals surface area contributed by atoms with Crippen LogP contribution in [-0.2, 0) is 9.59 Å². The first-order valence-corrected chi connectivity index (χ1v) is 13.5. The molecule has 12 heteroatoms. The molecule has 0 bridgehead atoms. The van der Waals surface area contributed by atoms with Crippen LogP contribution in [0.3, 0.4) is 0 Å². The number of halogens is 4. The molecule has 1 fully saturated rings. The van der Waals surface area contributed by atoms with Crippen molar-refractivity contribution in [2.45, 2.75) is 58.6 Å². The summed E-state index contributed by atoms with van der Waals surface area (Å²) in [6, 6.07) is 3.18. The van der Waals surface area contributed by atoms with Crippen molar-refractivity contribution < 1.29 is 23.1 Å². The lowest BCUT2D eigenvalue weighted by Crippen LogP contribution is -2.39. The predicted octanol–water partition coefficient (Wildman–Crippen LogP) is 6.57. The van der Waals surface area contributed by atoms with Gasteiger partial charge in [-0.1, -0.05) is 49.9 Å². The average molecular weight is 599 g/mol. The number of nitrogens with zero attached hydrogens (tertiary/aromatic N) is 3. The van der Waals surface area contributed by atoms with E-state index < -0.39 is 23.4 Å². The third kappa shape index (κ3) is 9.96. The second kappa shape index (κ2) is 18.0. The number of anilines is 2. The van der Waals surface area contributed by atoms with E-state index in [4.69, 9.17) is 34.4 Å². The molecule has 218 valence electrons. The normalized spacial score (nSPS) is 15.8. The van der Waals surface area contributed by atoms with Gasteiger partial charge in [-0.15, -0.1) is 6.42 Å². The number of hydrogen-bond acceptors (Lipinski definition) is 7. The summed E-state index contributed by atoms with van der Waals surface area (Å²) in [6.07, 6.45) is 10.9. The van der Waals surface area contributed by atoms with Gasteiger partial charge in [0.05, 0.1) is 22.3 Å². The first-order chi connectivity index (χ1) is 19.2. The molecule has 2 unspecified atom stereocenters. The highest BCUT2D eigenvalue weighted by Gasteiger charge is 2.31. The molecule has 0 saturated carbocycles. The summed E-state index contributed by atoms with van der Waals surface area (Å²) in [4.78, 5) is 31.1. The van der Waals surface area contributed by atoms with Crippen LogP contribution in [0.5, 0.6) is 5.75 Å². The quantitative estimate of drug-likeness (QED) is 0.146. The molecular weight excluding hydrogens is 563 g/mol. The van der Waals surface area contributed by atoms with Gasteiger partial charge in [0.25, 0.3) is 11.5 Å². The largest absolute Gasteiger partial charge is 0.479 e. The number of benzene rings is 1. The Balaban J connectivity index is 0.000000477. The number of aldehydes is 1. The number of nitrogens with one attached hydrogen (secondary N) is 2. The highest BCUT2D eigenvalue weighted by molar-refractivity contribution is 6.31. The van der Waals surface area contributed by atoms with Gasteiger partial charge >= 0.3 is 0 Å². The van der Waals surface area contributed by atoms with Crippen molar-refractivity contribution in [1.29, 1.82) is 0 Å². The van der Waals surface area contributed by atoms with Crippen LogP contribution in [0.25, 0.3) is 10.9 Å². The van der Waals surface area contributed by atoms with E-state index in [0.29, 0.717) is 42.8 Å². The number of carbonyl (C=O) groups is 2. The number of fused-ring (bicyclic) bond motifs is 1. The number of ether oxygens (including phenoxy) is 1. The number of likely N-dealkylation sites (tertiary alicyclic amines) is 1. The maximum Gasteiger partial charge on any atom is 0.273 e. The van der Waals surface area contributed by atoms with Crippen molar-refractivity contribution in [2.75, 3.05) is 30.8 Å². The van der Waals surface area contributed by atoms with E-state index in [1.54, 1.807) is 19.2 Å². The fraction of sp³-hybridized carbons (Fsp3) is 0.429. The van der Waals surface area contributed by atoms with Crippen LogP contribution in [0.15, 0.2) is 41.1 Å². The minimum Gasteiger partial charge on any atom is -0.479 e. The summed E-state index contributed by atoms with van der Waals surface area (Å²) >= 11 is 10.9. The van der Waals surface area contributed by atoms with Gasteiger partial charge in [0, 0.05) is 30.7 Å². The molecule has 40 heavy (non-hydrogen) atoms. The van der Waals surface area contributed by atoms with Crippen molar-refractivity contribution in [3.05, 3.63) is 41.1 Å². The van der Waals surface area contributed by atoms with E-state index >= 15 is 0 Å². The number of carbonyl (C=O) groups excluding carboxylic acids is 2. The molecule has 8 nitrogen and oxygen atoms in total. The van der Waals surface area contributed by atoms with Crippen LogP contribution in [0.2, 0.25) is 0 Å². The standard InChI is InChI=1S/C19H20ClFN4O.C7H9ClFNO2.C2H6/c1-5-7-26-18-10-16-14(9-17(18)22-4)19(24-11-23-16)25-13(6-2)8-15(20)12(3)21;8-6(9)7(12)10-3-1-2-5(10)4-11;1-2/h1,8-11,22H,6-7H2,2-4H3,(H,23,24,25);4-6H,1-3H2;1-2H3/b13-8+,15-12-;;. The smallest absolute Gasteiger partial charge is 0.273 e. The highest BCUT2D eigenvalue weighted by Crippen LogP contribution is 2.32. The van der Waals surface area contributed by atoms with Crippen molar-refractivity contribution >= 4 is 57.8 Å². The fourth-order valence-electron chi connectivity index (χ4n) is 3.58. The van der Waals surface area contributed by atoms with E-state index in [9.17, 15) is 18.4 Å². The van der Waals surface area contributed by atoms with Gasteiger partial charge in [-0.2, -0.15) is 0 Å². The van der Waals surface area contributed by atoms with Gasteiger partial charge in [-0.25, -0.2) is 18.7 Å². The Bertz CT molecular complexity index is 1240. The molecule has 2 atom stereocenters. The van der Waals surface area contributed by atoms with E-state index in [1.807, 2.05) is 26.8 Å². The van der Waals surface area contributed by atoms with Crippen molar-refractivity contribution in [3.8, 4) is 18.1 Å². The average Bonchev–Trinajstić information content (AvgIpc) is 3.45. The molecule has 1 aromatic heterocycles. The lowest BCUT2D eigenvalue weighted by molar-refractivity contribution is -0.136. The SMILES string of the molecule is C#CCOc1cc2ncnc(N/C(=C/C(Cl)=C(\C)F)CC)c2cc1NC.CC.O=CC1CCCN1C(=O)C(F)Cl. The molecule has 0 aliphatic carbocycles. The third-order valence-electron chi connectivity index (χ3n) is 5.53. The van der Waals surface area contributed by atoms with Crippen molar-refractivity contribution in [1.82, 2.24) is 14.9 Å². The van der Waals surface area contributed by atoms with E-state index in [0.717, 1.165) is 23.2 Å². The number of alkyl halides is 2. The van der Waals surface area contributed by atoms with Crippen LogP contribution < -0.4 is 15.4 Å². The van der Waals surface area contributed by atoms with Gasteiger partial charge < -0.3 is 25.1 Å². The second-order valence-electron chi connectivity index (χ2n) is 8.04. The summed E-state index contributed by atoms with van der Waals surface area (Å²) in [5.41, 5.74) is 0.147. The molecule has 0 spiro atoms. The zero-order chi connectivity index (χ0) is 30.2. The number of rotatable bonds is 9. The minimum atomic E-state index is -2.02. The molecule has 1 aliphatic heterocycles. The Labute approximate surface area is 244 Å². The van der Waals surface area contributed by atoms with Gasteiger partial charge in [0.1, 0.15) is 36.6 Å². The molecule has 2 aromatic rings. The predicted molar refractivity (Wildman–Crippen MR) is 158 cm³/mol. The van der Waals surface area contributed by atoms with Gasteiger partial charge in [-0.3, -0.25) is 4.79 Å². The number of terminal acetylenes is 1. The Hall–Kier alpha value is -3.42. The molecule has 1 aliphatic rings. The van der Waals surface area contributed by atoms with Crippen LogP contribution in [0.1, 0.15) is 47.0 Å². The Morgan fingerprint density at radius 2 is 2.08 bits per heavy atom. The van der Waals surface area contributed by atoms with Crippen LogP contribution in [0.4, 0.5) is 20.3 Å². The van der Waals surface area contributed by atoms with Gasteiger partial charge in [0.15, 0.2) is 0 Å². The lowest BCUT2D eigenvalue weighted by atomic mass is 10.2. The zero-order valence-corrected chi connectivity index (χ0v) is 24.7. The van der Waals surface area contributed by atoms with Crippen molar-refractivity contribution in [3.63, 3.8) is 0 Å². The summed E-state index contributed by atoms with van der Waals surface area (Å²) in [7, 11) is 1.78. The molecule has 1 saturated heterocycles. The maximum absolute atomic E-state index is 13.2. The number of aromatic nitrogens is 2. The first-order valence-electron chi connectivity index (χ1n) is 12.7. The Morgan fingerprint density at radius 1 is 1.38 bits per heavy atom. The van der Waals surface area contributed by atoms with Crippen LogP contribution in [-0.4, -0.2) is 58.9 Å². The minimum absolute atomic E-state index is 0.0496. The summed E-state index contributed by atoms with van der Waals surface area (Å²) in [5.74, 6) is 2.39. The van der Waals surface area contributed by atoms with Crippen molar-refractivity contribution in [2.24, 2.45) is 0 Å². The summed E-state index contributed by atoms with van der Waals surface area (Å²) in [6.45, 7) is 7.83. The first kappa shape index (κ1) is 34.6. The molecule has 1 amide bonds. The Kier molecular flexibility index (Phi) is 15.6. The molecule has 2 N–H and O–H groups in total. The molecule has 2 heterocycles. The number of hydrogen-bond donors (Lipinski definition) is 2. The summed E-state index contributed by atoms with van der Waals surface area (Å²) < 4.78 is 31.1. The third-order valence-corrected chi connectivity index (χ3v) is 6.09. The molecule has 0 radical (unpaired) electrons. The number of amides is 1. The van der Waals surface area contributed by atoms with Gasteiger partial charge in [0.2, 0.25) is 0 Å². The molecule has 1 aromatic carbocycles. The maximum atomic E-state index is 13.2. The topological polar surface area (TPSA) is 96.5 Å². The van der Waals surface area contributed by atoms with Crippen LogP contribution >= 0.6 is 23.2 Å².